The molecule has 0 unspecified atom stereocenters. The molecule has 0 saturated heterocycles. The minimum atomic E-state index is -0.585. The van der Waals surface area contributed by atoms with Crippen molar-refractivity contribution in [3.05, 3.63) is 28.2 Å². The number of aromatic nitrogens is 2. The fourth-order valence-corrected chi connectivity index (χ4v) is 3.14. The fraction of sp³-hybridized carbons (Fsp3) is 0.400. The highest BCUT2D eigenvalue weighted by Crippen LogP contribution is 2.30. The van der Waals surface area contributed by atoms with Crippen LogP contribution >= 0.6 is 22.9 Å². The van der Waals surface area contributed by atoms with E-state index in [1.165, 1.54) is 20.9 Å². The Balaban J connectivity index is 2.42. The van der Waals surface area contributed by atoms with Crippen molar-refractivity contribution in [2.24, 2.45) is 7.05 Å². The van der Waals surface area contributed by atoms with Gasteiger partial charge in [-0.25, -0.2) is 4.79 Å². The molecule has 2 aromatic heterocycles. The topological polar surface area (TPSA) is 73.7 Å². The molecule has 0 bridgehead atoms. The Morgan fingerprint density at radius 1 is 1.46 bits per heavy atom. The van der Waals surface area contributed by atoms with Gasteiger partial charge in [0.25, 0.3) is 0 Å². The molecule has 2 aromatic rings. The van der Waals surface area contributed by atoms with Crippen LogP contribution in [0.15, 0.2) is 17.6 Å². The number of thiophene rings is 1. The number of rotatable bonds is 7. The van der Waals surface area contributed by atoms with Crippen molar-refractivity contribution in [1.82, 2.24) is 9.78 Å². The number of esters is 1. The maximum atomic E-state index is 12.3. The van der Waals surface area contributed by atoms with Crippen LogP contribution in [0.1, 0.15) is 22.3 Å². The molecule has 0 N–H and O–H groups in total. The molecule has 0 fully saturated rings. The number of anilines is 1. The molecular weight excluding hydrogens is 354 g/mol. The van der Waals surface area contributed by atoms with Crippen molar-refractivity contribution >= 4 is 40.5 Å². The van der Waals surface area contributed by atoms with Crippen molar-refractivity contribution in [2.75, 3.05) is 24.5 Å². The van der Waals surface area contributed by atoms with Crippen LogP contribution in [0.25, 0.3) is 0 Å². The van der Waals surface area contributed by atoms with Gasteiger partial charge in [-0.15, -0.1) is 22.9 Å². The summed E-state index contributed by atoms with van der Waals surface area (Å²) in [6.45, 7) is 2.15. The number of nitrogens with zero attached hydrogens (tertiary/aromatic N) is 3. The highest BCUT2D eigenvalue weighted by Gasteiger charge is 2.27. The molecule has 0 aromatic carbocycles. The number of carbonyl (C=O) groups excluding carboxylic acids is 2. The van der Waals surface area contributed by atoms with Gasteiger partial charge in [-0.3, -0.25) is 9.48 Å². The summed E-state index contributed by atoms with van der Waals surface area (Å²) < 4.78 is 11.8. The van der Waals surface area contributed by atoms with Crippen LogP contribution in [0.5, 0.6) is 5.75 Å². The van der Waals surface area contributed by atoms with E-state index >= 15 is 0 Å². The summed E-state index contributed by atoms with van der Waals surface area (Å²) in [6.07, 6.45) is 1.59. The maximum Gasteiger partial charge on any atom is 0.361 e. The molecule has 0 aliphatic rings. The average molecular weight is 372 g/mol. The van der Waals surface area contributed by atoms with E-state index in [-0.39, 0.29) is 30.6 Å². The Morgan fingerprint density at radius 2 is 2.21 bits per heavy atom. The third-order valence-corrected chi connectivity index (χ3v) is 4.33. The van der Waals surface area contributed by atoms with Crippen LogP contribution in [0.4, 0.5) is 5.69 Å². The lowest BCUT2D eigenvalue weighted by Crippen LogP contribution is -2.32. The van der Waals surface area contributed by atoms with Gasteiger partial charge in [0, 0.05) is 13.2 Å². The molecule has 24 heavy (non-hydrogen) atoms. The zero-order valence-electron chi connectivity index (χ0n) is 13.6. The molecule has 130 valence electrons. The lowest BCUT2D eigenvalue weighted by atomic mass is 10.3. The number of ether oxygens (including phenoxy) is 2. The van der Waals surface area contributed by atoms with E-state index in [4.69, 9.17) is 21.1 Å². The Morgan fingerprint density at radius 3 is 2.83 bits per heavy atom. The van der Waals surface area contributed by atoms with E-state index < -0.39 is 5.97 Å². The van der Waals surface area contributed by atoms with Crippen LogP contribution in [0, 0.1) is 0 Å². The van der Waals surface area contributed by atoms with Crippen LogP contribution in [-0.2, 0) is 23.1 Å². The molecule has 1 amide bonds. The van der Waals surface area contributed by atoms with Crippen molar-refractivity contribution < 1.29 is 19.1 Å². The van der Waals surface area contributed by atoms with Gasteiger partial charge in [-0.05, 0) is 18.4 Å². The number of amides is 1. The summed E-state index contributed by atoms with van der Waals surface area (Å²) in [5.74, 6) is -0.469. The SMILES string of the molecule is CCOC(=O)c1nn(C)cc1N(Cc1sccc1OC)C(=O)CCl. The summed E-state index contributed by atoms with van der Waals surface area (Å²) in [5.41, 5.74) is 0.436. The maximum absolute atomic E-state index is 12.3. The quantitative estimate of drug-likeness (QED) is 0.552. The van der Waals surface area contributed by atoms with Gasteiger partial charge in [0.05, 0.1) is 30.8 Å². The number of hydrogen-bond donors (Lipinski definition) is 0. The second-order valence-corrected chi connectivity index (χ2v) is 6.05. The Bertz CT molecular complexity index is 728. The summed E-state index contributed by atoms with van der Waals surface area (Å²) in [7, 11) is 3.23. The molecule has 7 nitrogen and oxygen atoms in total. The van der Waals surface area contributed by atoms with E-state index in [9.17, 15) is 9.59 Å². The zero-order valence-corrected chi connectivity index (χ0v) is 15.2. The number of alkyl halides is 1. The smallest absolute Gasteiger partial charge is 0.361 e. The molecule has 9 heteroatoms. The minimum Gasteiger partial charge on any atom is -0.496 e. The predicted octanol–water partition coefficient (Wildman–Crippen LogP) is 2.44. The van der Waals surface area contributed by atoms with Crippen molar-refractivity contribution in [2.45, 2.75) is 13.5 Å². The molecule has 0 aliphatic heterocycles. The fourth-order valence-electron chi connectivity index (χ4n) is 2.17. The number of carbonyl (C=O) groups is 2. The molecular formula is C15H18ClN3O4S. The third kappa shape index (κ3) is 3.88. The first-order chi connectivity index (χ1) is 11.5. The molecule has 0 aliphatic carbocycles. The summed E-state index contributed by atoms with van der Waals surface area (Å²) in [4.78, 5) is 26.7. The second-order valence-electron chi connectivity index (χ2n) is 4.78. The predicted molar refractivity (Wildman–Crippen MR) is 91.9 cm³/mol. The van der Waals surface area contributed by atoms with Crippen LogP contribution in [0.3, 0.4) is 0 Å². The van der Waals surface area contributed by atoms with Gasteiger partial charge >= 0.3 is 5.97 Å². The molecule has 0 atom stereocenters. The van der Waals surface area contributed by atoms with Gasteiger partial charge < -0.3 is 14.4 Å². The van der Waals surface area contributed by atoms with Gasteiger partial charge in [-0.2, -0.15) is 5.10 Å². The summed E-state index contributed by atoms with van der Waals surface area (Å²) >= 11 is 7.20. The molecule has 0 spiro atoms. The lowest BCUT2D eigenvalue weighted by Gasteiger charge is -2.21. The first-order valence-electron chi connectivity index (χ1n) is 7.19. The average Bonchev–Trinajstić information content (AvgIpc) is 3.17. The van der Waals surface area contributed by atoms with E-state index in [0.717, 1.165) is 4.88 Å². The van der Waals surface area contributed by atoms with E-state index in [1.54, 1.807) is 27.3 Å². The minimum absolute atomic E-state index is 0.0772. The number of halogens is 1. The van der Waals surface area contributed by atoms with Gasteiger partial charge in [0.15, 0.2) is 5.69 Å². The van der Waals surface area contributed by atoms with Crippen molar-refractivity contribution in [1.29, 1.82) is 0 Å². The van der Waals surface area contributed by atoms with Crippen LogP contribution in [0.2, 0.25) is 0 Å². The highest BCUT2D eigenvalue weighted by atomic mass is 35.5. The third-order valence-electron chi connectivity index (χ3n) is 3.21. The van der Waals surface area contributed by atoms with Gasteiger partial charge in [0.1, 0.15) is 11.6 Å². The first-order valence-corrected chi connectivity index (χ1v) is 8.60. The Kier molecular flexibility index (Phi) is 6.22. The largest absolute Gasteiger partial charge is 0.496 e. The molecule has 2 rings (SSSR count). The Hall–Kier alpha value is -2.06. The van der Waals surface area contributed by atoms with E-state index in [0.29, 0.717) is 11.4 Å². The number of aryl methyl sites for hydroxylation is 1. The van der Waals surface area contributed by atoms with Crippen LogP contribution < -0.4 is 9.64 Å². The summed E-state index contributed by atoms with van der Waals surface area (Å²) in [6, 6.07) is 1.82. The second kappa shape index (κ2) is 8.16. The van der Waals surface area contributed by atoms with Crippen molar-refractivity contribution in [3.63, 3.8) is 0 Å². The van der Waals surface area contributed by atoms with Gasteiger partial charge in [0.2, 0.25) is 5.91 Å². The molecule has 0 radical (unpaired) electrons. The molecule has 0 saturated carbocycles. The standard InChI is InChI=1S/C15H18ClN3O4S/c1-4-23-15(21)14-10(8-18(2)17-14)19(13(20)7-16)9-12-11(22-3)5-6-24-12/h5-6,8H,4,7,9H2,1-3H3. The summed E-state index contributed by atoms with van der Waals surface area (Å²) in [5, 5.41) is 5.98. The number of hydrogen-bond acceptors (Lipinski definition) is 6. The van der Waals surface area contributed by atoms with Gasteiger partial charge in [-0.1, -0.05) is 0 Å². The van der Waals surface area contributed by atoms with E-state index in [2.05, 4.69) is 5.10 Å². The highest BCUT2D eigenvalue weighted by molar-refractivity contribution is 7.10. The normalized spacial score (nSPS) is 10.5. The molecule has 2 heterocycles. The number of methoxy groups -OCH3 is 1. The van der Waals surface area contributed by atoms with Crippen molar-refractivity contribution in [3.8, 4) is 5.75 Å². The Labute approximate surface area is 148 Å². The van der Waals surface area contributed by atoms with Crippen LogP contribution in [-0.4, -0.2) is 41.3 Å². The first kappa shape index (κ1) is 18.3. The monoisotopic (exact) mass is 371 g/mol. The van der Waals surface area contributed by atoms with E-state index in [1.807, 2.05) is 11.4 Å². The lowest BCUT2D eigenvalue weighted by molar-refractivity contribution is -0.116. The zero-order chi connectivity index (χ0) is 17.7.